The minimum Gasteiger partial charge on any atom is -0.370 e. The Morgan fingerprint density at radius 3 is 2.60 bits per heavy atom. The number of ether oxygens (including phenoxy) is 2. The molecule has 0 aliphatic carbocycles. The predicted octanol–water partition coefficient (Wildman–Crippen LogP) is 4.35. The van der Waals surface area contributed by atoms with Crippen LogP contribution in [0, 0.1) is 23.7 Å². The molecule has 0 aliphatic rings. The van der Waals surface area contributed by atoms with Crippen molar-refractivity contribution in [2.45, 2.75) is 53.4 Å². The van der Waals surface area contributed by atoms with Gasteiger partial charge in [0.15, 0.2) is 0 Å². The minimum absolute atomic E-state index is 0.0520. The number of carbonyl (C=O) groups is 1. The molecule has 0 saturated carbocycles. The Morgan fingerprint density at radius 1 is 1.08 bits per heavy atom. The van der Waals surface area contributed by atoms with Crippen LogP contribution in [0.25, 0.3) is 0 Å². The van der Waals surface area contributed by atoms with Crippen molar-refractivity contribution in [1.82, 2.24) is 5.32 Å². The van der Waals surface area contributed by atoms with E-state index in [4.69, 9.17) is 9.47 Å². The van der Waals surface area contributed by atoms with Crippen LogP contribution in [-0.4, -0.2) is 44.0 Å². The van der Waals surface area contributed by atoms with E-state index >= 15 is 0 Å². The van der Waals surface area contributed by atoms with E-state index in [1.165, 1.54) is 18.6 Å². The van der Waals surface area contributed by atoms with Crippen LogP contribution in [0.1, 0.15) is 53.4 Å². The zero-order valence-electron chi connectivity index (χ0n) is 16.3. The molecule has 0 aromatic heterocycles. The number of carbonyl (C=O) groups excluding carboxylic acids is 1. The van der Waals surface area contributed by atoms with Gasteiger partial charge in [-0.3, -0.25) is 4.79 Å². The smallest absolute Gasteiger partial charge is 0.220 e. The SMILES string of the molecule is CC(C)C#CCOCCNC(=O)CCCOCSSCCCC(C)C. The molecule has 0 heterocycles. The van der Waals surface area contributed by atoms with Gasteiger partial charge in [-0.25, -0.2) is 0 Å². The fraction of sp³-hybridized carbons (Fsp3) is 0.842. The third-order valence-electron chi connectivity index (χ3n) is 3.05. The van der Waals surface area contributed by atoms with Crippen molar-refractivity contribution in [2.24, 2.45) is 11.8 Å². The van der Waals surface area contributed by atoms with Gasteiger partial charge in [0.25, 0.3) is 0 Å². The Morgan fingerprint density at radius 2 is 1.88 bits per heavy atom. The summed E-state index contributed by atoms with van der Waals surface area (Å²) >= 11 is 0. The normalized spacial score (nSPS) is 10.8. The minimum atomic E-state index is 0.0520. The van der Waals surface area contributed by atoms with Gasteiger partial charge in [0.1, 0.15) is 12.5 Å². The molecule has 1 amide bonds. The molecule has 0 spiro atoms. The van der Waals surface area contributed by atoms with Gasteiger partial charge in [0.05, 0.1) is 6.61 Å². The first-order valence-corrected chi connectivity index (χ1v) is 11.7. The Bertz CT molecular complexity index is 379. The Labute approximate surface area is 162 Å². The van der Waals surface area contributed by atoms with E-state index in [-0.39, 0.29) is 5.91 Å². The second-order valence-electron chi connectivity index (χ2n) is 6.48. The highest BCUT2D eigenvalue weighted by atomic mass is 33.1. The number of amides is 1. The highest BCUT2D eigenvalue weighted by molar-refractivity contribution is 8.76. The third kappa shape index (κ3) is 21.6. The van der Waals surface area contributed by atoms with Crippen LogP contribution in [0.2, 0.25) is 0 Å². The van der Waals surface area contributed by atoms with E-state index in [0.717, 1.165) is 12.3 Å². The second kappa shape index (κ2) is 18.4. The zero-order chi connectivity index (χ0) is 18.8. The predicted molar refractivity (Wildman–Crippen MR) is 111 cm³/mol. The van der Waals surface area contributed by atoms with Crippen LogP contribution in [0.4, 0.5) is 0 Å². The molecule has 0 aromatic carbocycles. The molecule has 0 rings (SSSR count). The lowest BCUT2D eigenvalue weighted by Crippen LogP contribution is -2.27. The topological polar surface area (TPSA) is 47.6 Å². The van der Waals surface area contributed by atoms with Crippen LogP contribution >= 0.6 is 21.6 Å². The monoisotopic (exact) mass is 389 g/mol. The summed E-state index contributed by atoms with van der Waals surface area (Å²) in [4.78, 5) is 11.6. The van der Waals surface area contributed by atoms with Crippen LogP contribution in [-0.2, 0) is 14.3 Å². The lowest BCUT2D eigenvalue weighted by Gasteiger charge is -2.06. The molecular weight excluding hydrogens is 354 g/mol. The van der Waals surface area contributed by atoms with Crippen molar-refractivity contribution in [3.05, 3.63) is 0 Å². The Kier molecular flexibility index (Phi) is 18.2. The van der Waals surface area contributed by atoms with Crippen molar-refractivity contribution >= 4 is 27.5 Å². The maximum atomic E-state index is 11.6. The molecule has 4 nitrogen and oxygen atoms in total. The maximum Gasteiger partial charge on any atom is 0.220 e. The van der Waals surface area contributed by atoms with Gasteiger partial charge in [0, 0.05) is 31.2 Å². The average Bonchev–Trinajstić information content (AvgIpc) is 2.55. The lowest BCUT2D eigenvalue weighted by molar-refractivity contribution is -0.121. The van der Waals surface area contributed by atoms with E-state index < -0.39 is 0 Å². The molecule has 0 aliphatic heterocycles. The highest BCUT2D eigenvalue weighted by Gasteiger charge is 2.00. The molecule has 0 aromatic rings. The fourth-order valence-electron chi connectivity index (χ4n) is 1.79. The standard InChI is InChI=1S/C19H35NO3S2/c1-17(2)8-5-12-22-14-11-20-19(21)10-6-13-23-16-25-24-15-7-9-18(3)4/h17-18H,6-7,9-16H2,1-4H3,(H,20,21). The van der Waals surface area contributed by atoms with Crippen LogP contribution in [0.5, 0.6) is 0 Å². The molecule has 0 atom stereocenters. The first-order valence-electron chi connectivity index (χ1n) is 9.17. The van der Waals surface area contributed by atoms with Gasteiger partial charge < -0.3 is 14.8 Å². The summed E-state index contributed by atoms with van der Waals surface area (Å²) in [7, 11) is 3.62. The molecule has 1 N–H and O–H groups in total. The summed E-state index contributed by atoms with van der Waals surface area (Å²) in [6.07, 6.45) is 3.81. The average molecular weight is 390 g/mol. The summed E-state index contributed by atoms with van der Waals surface area (Å²) in [6.45, 7) is 10.7. The van der Waals surface area contributed by atoms with E-state index in [2.05, 4.69) is 31.0 Å². The molecule has 0 unspecified atom stereocenters. The number of hydrogen-bond donors (Lipinski definition) is 1. The van der Waals surface area contributed by atoms with Crippen LogP contribution in [0.3, 0.4) is 0 Å². The van der Waals surface area contributed by atoms with Gasteiger partial charge in [-0.2, -0.15) is 0 Å². The summed E-state index contributed by atoms with van der Waals surface area (Å²) in [5.41, 5.74) is 0. The van der Waals surface area contributed by atoms with E-state index in [9.17, 15) is 4.79 Å². The summed E-state index contributed by atoms with van der Waals surface area (Å²) in [5, 5.41) is 2.84. The Hall–Kier alpha value is -0.350. The van der Waals surface area contributed by atoms with Crippen LogP contribution < -0.4 is 5.32 Å². The molecule has 0 saturated heterocycles. The molecule has 25 heavy (non-hydrogen) atoms. The molecule has 0 fully saturated rings. The Balaban J connectivity index is 3.24. The van der Waals surface area contributed by atoms with Gasteiger partial charge in [0.2, 0.25) is 5.91 Å². The quantitative estimate of drug-likeness (QED) is 0.195. The number of rotatable bonds is 15. The summed E-state index contributed by atoms with van der Waals surface area (Å²) in [5.74, 6) is 9.06. The first kappa shape index (κ1) is 24.7. The molecule has 146 valence electrons. The molecular formula is C19H35NO3S2. The van der Waals surface area contributed by atoms with Gasteiger partial charge in [-0.05, 0) is 18.8 Å². The molecule has 0 radical (unpaired) electrons. The van der Waals surface area contributed by atoms with Crippen molar-refractivity contribution in [3.8, 4) is 11.8 Å². The highest BCUT2D eigenvalue weighted by Crippen LogP contribution is 2.23. The van der Waals surface area contributed by atoms with Gasteiger partial charge in [-0.1, -0.05) is 67.5 Å². The van der Waals surface area contributed by atoms with Crippen molar-refractivity contribution in [1.29, 1.82) is 0 Å². The number of nitrogens with one attached hydrogen (secondary N) is 1. The van der Waals surface area contributed by atoms with Crippen molar-refractivity contribution < 1.29 is 14.3 Å². The van der Waals surface area contributed by atoms with Crippen molar-refractivity contribution in [2.75, 3.05) is 38.1 Å². The van der Waals surface area contributed by atoms with E-state index in [0.29, 0.717) is 44.6 Å². The largest absolute Gasteiger partial charge is 0.370 e. The van der Waals surface area contributed by atoms with E-state index in [1.807, 2.05) is 24.6 Å². The van der Waals surface area contributed by atoms with Gasteiger partial charge in [-0.15, -0.1) is 0 Å². The van der Waals surface area contributed by atoms with Crippen molar-refractivity contribution in [3.63, 3.8) is 0 Å². The summed E-state index contributed by atoms with van der Waals surface area (Å²) in [6, 6.07) is 0. The lowest BCUT2D eigenvalue weighted by atomic mass is 10.1. The number of hydrogen-bond acceptors (Lipinski definition) is 5. The van der Waals surface area contributed by atoms with E-state index in [1.54, 1.807) is 10.8 Å². The second-order valence-corrected chi connectivity index (χ2v) is 9.01. The molecule has 0 bridgehead atoms. The van der Waals surface area contributed by atoms with Crippen LogP contribution in [0.15, 0.2) is 0 Å². The third-order valence-corrected chi connectivity index (χ3v) is 5.22. The first-order chi connectivity index (χ1) is 12.0. The summed E-state index contributed by atoms with van der Waals surface area (Å²) < 4.78 is 10.9. The molecule has 6 heteroatoms. The maximum absolute atomic E-state index is 11.6. The van der Waals surface area contributed by atoms with Gasteiger partial charge >= 0.3 is 0 Å². The fourth-order valence-corrected chi connectivity index (χ4v) is 3.56. The zero-order valence-corrected chi connectivity index (χ0v) is 17.9.